The van der Waals surface area contributed by atoms with Crippen molar-refractivity contribution in [3.63, 3.8) is 0 Å². The Bertz CT molecular complexity index is 1600. The molecule has 4 rings (SSSR count). The number of amides is 1. The van der Waals surface area contributed by atoms with Gasteiger partial charge in [0, 0.05) is 12.2 Å². The first kappa shape index (κ1) is 32.7. The lowest BCUT2D eigenvalue weighted by Crippen LogP contribution is -2.31. The number of rotatable bonds is 13. The Hall–Kier alpha value is -3.78. The third-order valence-corrected chi connectivity index (χ3v) is 8.21. The van der Waals surface area contributed by atoms with E-state index in [-0.39, 0.29) is 22.9 Å². The van der Waals surface area contributed by atoms with Gasteiger partial charge in [0.25, 0.3) is 15.9 Å². The number of hydrogen-bond donors (Lipinski definition) is 1. The molecule has 0 saturated carbocycles. The lowest BCUT2D eigenvalue weighted by Gasteiger charge is -2.09. The number of benzene rings is 3. The summed E-state index contributed by atoms with van der Waals surface area (Å²) in [5.74, 6) is -0.685. The smallest absolute Gasteiger partial charge is 0.265 e. The van der Waals surface area contributed by atoms with Gasteiger partial charge in [0.1, 0.15) is 0 Å². The van der Waals surface area contributed by atoms with Crippen LogP contribution < -0.4 is 4.72 Å². The van der Waals surface area contributed by atoms with Crippen LogP contribution in [0.4, 0.5) is 0 Å². The third-order valence-electron chi connectivity index (χ3n) is 6.72. The van der Waals surface area contributed by atoms with Crippen molar-refractivity contribution in [2.24, 2.45) is 0 Å². The zero-order valence-electron chi connectivity index (χ0n) is 24.0. The number of hydrogen-bond acceptors (Lipinski definition) is 5. The first-order valence-electron chi connectivity index (χ1n) is 13.9. The topological polar surface area (TPSA) is 85.4 Å². The Kier molecular flexibility index (Phi) is 12.5. The molecule has 0 aliphatic rings. The molecule has 0 radical (unpaired) electrons. The number of nitrogens with zero attached hydrogens (tertiary/aromatic N) is 1. The third kappa shape index (κ3) is 9.65. The first-order valence-corrected chi connectivity index (χ1v) is 15.3. The second-order valence-corrected chi connectivity index (χ2v) is 11.5. The van der Waals surface area contributed by atoms with Crippen LogP contribution in [0.3, 0.4) is 0 Å². The molecular weight excluding hydrogens is 568 g/mol. The minimum Gasteiger partial charge on any atom is -0.375 e. The van der Waals surface area contributed by atoms with Gasteiger partial charge in [0.15, 0.2) is 0 Å². The number of unbranched alkanes of at least 4 members (excludes halogenated alkanes) is 1. The van der Waals surface area contributed by atoms with Gasteiger partial charge in [-0.05, 0) is 91.3 Å². The van der Waals surface area contributed by atoms with Crippen molar-refractivity contribution in [3.05, 3.63) is 130 Å². The van der Waals surface area contributed by atoms with Crippen LogP contribution in [0.25, 0.3) is 12.2 Å². The van der Waals surface area contributed by atoms with Gasteiger partial charge in [-0.25, -0.2) is 13.1 Å². The molecule has 6 nitrogen and oxygen atoms in total. The Morgan fingerprint density at radius 2 is 1.62 bits per heavy atom. The average Bonchev–Trinajstić information content (AvgIpc) is 2.98. The molecule has 220 valence electrons. The van der Waals surface area contributed by atoms with Crippen LogP contribution in [0.15, 0.2) is 95.9 Å². The average molecular weight is 605 g/mol. The molecular formula is C34H37ClN2O4S. The number of carbonyl (C=O) groups is 1. The number of aromatic nitrogens is 1. The second kappa shape index (κ2) is 16.0. The first-order chi connectivity index (χ1) is 19.8. The second-order valence-electron chi connectivity index (χ2n) is 9.89. The fourth-order valence-corrected chi connectivity index (χ4v) is 5.60. The number of halogens is 1. The van der Waals surface area contributed by atoms with Gasteiger partial charge in [0.2, 0.25) is 0 Å². The van der Waals surface area contributed by atoms with Gasteiger partial charge in [-0.3, -0.25) is 9.78 Å². The molecule has 0 bridgehead atoms. The molecule has 1 aromatic heterocycles. The molecule has 8 heteroatoms. The van der Waals surface area contributed by atoms with Crippen molar-refractivity contribution < 1.29 is 17.9 Å². The van der Waals surface area contributed by atoms with Crippen LogP contribution in [-0.4, -0.2) is 25.9 Å². The fourth-order valence-electron chi connectivity index (χ4n) is 4.38. The largest absolute Gasteiger partial charge is 0.375 e. The van der Waals surface area contributed by atoms with Crippen LogP contribution in [-0.2, 0) is 34.2 Å². The minimum atomic E-state index is -3.98. The zero-order valence-corrected chi connectivity index (χ0v) is 25.6. The summed E-state index contributed by atoms with van der Waals surface area (Å²) in [4.78, 5) is 17.5. The molecule has 0 saturated heterocycles. The maximum Gasteiger partial charge on any atom is 0.265 e. The van der Waals surface area contributed by atoms with Crippen molar-refractivity contribution in [1.82, 2.24) is 9.71 Å². The van der Waals surface area contributed by atoms with E-state index in [1.54, 1.807) is 43.3 Å². The van der Waals surface area contributed by atoms with Gasteiger partial charge >= 0.3 is 0 Å². The summed E-state index contributed by atoms with van der Waals surface area (Å²) in [6.45, 7) is 4.98. The molecule has 0 atom stereocenters. The number of sulfonamides is 1. The molecule has 3 aromatic carbocycles. The number of pyridine rings is 1. The number of carbonyl (C=O) groups excluding carboxylic acids is 1. The van der Waals surface area contributed by atoms with E-state index in [4.69, 9.17) is 4.74 Å². The summed E-state index contributed by atoms with van der Waals surface area (Å²) in [6.07, 6.45) is 7.88. The molecule has 4 aromatic rings. The van der Waals surface area contributed by atoms with Crippen LogP contribution in [0, 0.1) is 6.92 Å². The summed E-state index contributed by atoms with van der Waals surface area (Å²) in [7, 11) is -3.98. The Morgan fingerprint density at radius 1 is 0.881 bits per heavy atom. The lowest BCUT2D eigenvalue weighted by atomic mass is 10.1. The highest BCUT2D eigenvalue weighted by Gasteiger charge is 2.20. The highest BCUT2D eigenvalue weighted by molar-refractivity contribution is 7.90. The van der Waals surface area contributed by atoms with Crippen molar-refractivity contribution in [3.8, 4) is 0 Å². The predicted molar refractivity (Wildman–Crippen MR) is 171 cm³/mol. The summed E-state index contributed by atoms with van der Waals surface area (Å²) in [6, 6.07) is 27.9. The van der Waals surface area contributed by atoms with Gasteiger partial charge in [0.05, 0.1) is 22.9 Å². The van der Waals surface area contributed by atoms with E-state index in [1.165, 1.54) is 17.2 Å². The van der Waals surface area contributed by atoms with Crippen molar-refractivity contribution in [2.75, 3.05) is 6.61 Å². The Morgan fingerprint density at radius 3 is 2.38 bits per heavy atom. The molecule has 1 amide bonds. The highest BCUT2D eigenvalue weighted by atomic mass is 35.5. The van der Waals surface area contributed by atoms with E-state index >= 15 is 0 Å². The Labute approximate surface area is 255 Å². The molecule has 1 heterocycles. The number of ether oxygens (including phenoxy) is 1. The van der Waals surface area contributed by atoms with E-state index in [9.17, 15) is 13.2 Å². The van der Waals surface area contributed by atoms with E-state index in [1.807, 2.05) is 36.4 Å². The molecule has 0 spiro atoms. The van der Waals surface area contributed by atoms with Crippen LogP contribution in [0.1, 0.15) is 63.8 Å². The van der Waals surface area contributed by atoms with Crippen LogP contribution in [0.5, 0.6) is 0 Å². The zero-order chi connectivity index (χ0) is 29.1. The Balaban J connectivity index is 0.00000484. The number of nitrogens with one attached hydrogen (secondary N) is 1. The fraction of sp³-hybridized carbons (Fsp3) is 0.235. The minimum absolute atomic E-state index is 0. The molecule has 0 aliphatic carbocycles. The molecule has 1 N–H and O–H groups in total. The lowest BCUT2D eigenvalue weighted by molar-refractivity contribution is 0.0981. The van der Waals surface area contributed by atoms with Crippen molar-refractivity contribution >= 4 is 40.5 Å². The molecule has 0 aliphatic heterocycles. The summed E-state index contributed by atoms with van der Waals surface area (Å²) < 4.78 is 33.4. The maximum atomic E-state index is 12.7. The van der Waals surface area contributed by atoms with Crippen molar-refractivity contribution in [2.45, 2.75) is 51.0 Å². The van der Waals surface area contributed by atoms with Gasteiger partial charge < -0.3 is 4.74 Å². The normalized spacial score (nSPS) is 11.3. The summed E-state index contributed by atoms with van der Waals surface area (Å²) >= 11 is 0. The van der Waals surface area contributed by atoms with E-state index < -0.39 is 15.9 Å². The quantitative estimate of drug-likeness (QED) is 0.163. The summed E-state index contributed by atoms with van der Waals surface area (Å²) in [5, 5.41) is 0. The molecule has 0 unspecified atom stereocenters. The highest BCUT2D eigenvalue weighted by Crippen LogP contribution is 2.16. The predicted octanol–water partition coefficient (Wildman–Crippen LogP) is 7.20. The maximum absolute atomic E-state index is 12.7. The van der Waals surface area contributed by atoms with Gasteiger partial charge in [-0.1, -0.05) is 73.7 Å². The molecule has 0 fully saturated rings. The summed E-state index contributed by atoms with van der Waals surface area (Å²) in [5.41, 5.74) is 5.90. The van der Waals surface area contributed by atoms with Gasteiger partial charge in [-0.15, -0.1) is 12.4 Å². The molecule has 42 heavy (non-hydrogen) atoms. The SMILES string of the molecule is CCc1ccc(CCCCOCc2cccc(/C=C/c3cccc(C(=O)NS(=O)(=O)c4ccccc4C)c3)n2)cc1.Cl. The standard InChI is InChI=1S/C34H36N2O4S.ClH/c1-3-27-17-19-28(20-18-27)11-6-7-23-40-25-32-15-9-14-31(35-32)22-21-29-12-8-13-30(24-29)34(37)36-41(38,39)33-16-5-4-10-26(33)2;/h4-5,8-10,12-22,24H,3,6-7,11,23,25H2,1-2H3,(H,36,37);1H/b22-21+;. The van der Waals surface area contributed by atoms with E-state index in [0.717, 1.165) is 42.6 Å². The van der Waals surface area contributed by atoms with Crippen LogP contribution >= 0.6 is 12.4 Å². The van der Waals surface area contributed by atoms with Crippen molar-refractivity contribution in [1.29, 1.82) is 0 Å². The van der Waals surface area contributed by atoms with E-state index in [0.29, 0.717) is 18.8 Å². The van der Waals surface area contributed by atoms with Crippen LogP contribution in [0.2, 0.25) is 0 Å². The monoisotopic (exact) mass is 604 g/mol. The van der Waals surface area contributed by atoms with Gasteiger partial charge in [-0.2, -0.15) is 0 Å². The van der Waals surface area contributed by atoms with E-state index in [2.05, 4.69) is 40.9 Å². The number of aryl methyl sites for hydroxylation is 3.